The van der Waals surface area contributed by atoms with Gasteiger partial charge < -0.3 is 21.5 Å². The summed E-state index contributed by atoms with van der Waals surface area (Å²) < 4.78 is 0. The normalized spacial score (nSPS) is 13.3. The zero-order chi connectivity index (χ0) is 17.3. The minimum Gasteiger partial charge on any atom is -0.481 e. The molecule has 0 aliphatic rings. The second-order valence-electron chi connectivity index (χ2n) is 5.56. The van der Waals surface area contributed by atoms with E-state index < -0.39 is 24.0 Å². The number of rotatable bonds is 10. The summed E-state index contributed by atoms with van der Waals surface area (Å²) in [6, 6.07) is -1.36. The SMILES string of the molecule is CC(=O)N[C@H](C(=O)C[C@@H](CCCNC(N)=O)C(=O)O)C(C)C. The van der Waals surface area contributed by atoms with Crippen molar-refractivity contribution in [1.29, 1.82) is 0 Å². The Morgan fingerprint density at radius 2 is 1.77 bits per heavy atom. The molecule has 0 fully saturated rings. The zero-order valence-corrected chi connectivity index (χ0v) is 13.2. The van der Waals surface area contributed by atoms with Gasteiger partial charge in [0.15, 0.2) is 5.78 Å². The van der Waals surface area contributed by atoms with Gasteiger partial charge in [-0.25, -0.2) is 4.79 Å². The highest BCUT2D eigenvalue weighted by Crippen LogP contribution is 2.16. The van der Waals surface area contributed by atoms with Crippen LogP contribution in [0.5, 0.6) is 0 Å². The van der Waals surface area contributed by atoms with E-state index in [9.17, 15) is 24.3 Å². The maximum absolute atomic E-state index is 12.2. The Kier molecular flexibility index (Phi) is 8.81. The lowest BCUT2D eigenvalue weighted by Gasteiger charge is -2.22. The average Bonchev–Trinajstić information content (AvgIpc) is 2.38. The fourth-order valence-electron chi connectivity index (χ4n) is 2.08. The summed E-state index contributed by atoms with van der Waals surface area (Å²) in [6.45, 7) is 5.13. The summed E-state index contributed by atoms with van der Waals surface area (Å²) >= 11 is 0. The van der Waals surface area contributed by atoms with E-state index >= 15 is 0 Å². The molecule has 0 aromatic rings. The summed E-state index contributed by atoms with van der Waals surface area (Å²) in [7, 11) is 0. The summed E-state index contributed by atoms with van der Waals surface area (Å²) in [6.07, 6.45) is 0.487. The van der Waals surface area contributed by atoms with Crippen LogP contribution in [0.3, 0.4) is 0 Å². The largest absolute Gasteiger partial charge is 0.481 e. The number of urea groups is 1. The molecule has 126 valence electrons. The number of nitrogens with two attached hydrogens (primary N) is 1. The number of amides is 3. The molecule has 3 amide bonds. The van der Waals surface area contributed by atoms with Crippen molar-refractivity contribution >= 4 is 23.7 Å². The van der Waals surface area contributed by atoms with E-state index in [1.165, 1.54) is 6.92 Å². The number of aliphatic carboxylic acids is 1. The first kappa shape index (κ1) is 19.9. The maximum Gasteiger partial charge on any atom is 0.312 e. The van der Waals surface area contributed by atoms with E-state index in [-0.39, 0.29) is 37.0 Å². The van der Waals surface area contributed by atoms with Gasteiger partial charge >= 0.3 is 12.0 Å². The van der Waals surface area contributed by atoms with Crippen LogP contribution in [0.1, 0.15) is 40.0 Å². The summed E-state index contributed by atoms with van der Waals surface area (Å²) in [5.41, 5.74) is 4.91. The highest BCUT2D eigenvalue weighted by atomic mass is 16.4. The Morgan fingerprint density at radius 3 is 2.18 bits per heavy atom. The van der Waals surface area contributed by atoms with Crippen LogP contribution in [0.15, 0.2) is 0 Å². The molecule has 0 bridgehead atoms. The third-order valence-corrected chi connectivity index (χ3v) is 3.20. The molecule has 5 N–H and O–H groups in total. The first-order valence-electron chi connectivity index (χ1n) is 7.21. The van der Waals surface area contributed by atoms with Gasteiger partial charge in [0.2, 0.25) is 5.91 Å². The van der Waals surface area contributed by atoms with Crippen molar-refractivity contribution in [3.8, 4) is 0 Å². The molecule has 0 aromatic heterocycles. The zero-order valence-electron chi connectivity index (χ0n) is 13.2. The molecule has 8 heteroatoms. The van der Waals surface area contributed by atoms with Crippen LogP contribution in [0, 0.1) is 11.8 Å². The molecule has 0 unspecified atom stereocenters. The minimum absolute atomic E-state index is 0.123. The van der Waals surface area contributed by atoms with E-state index in [1.54, 1.807) is 13.8 Å². The molecule has 0 aromatic carbocycles. The number of Topliss-reactive ketones (excluding diaryl/α,β-unsaturated/α-hetero) is 1. The van der Waals surface area contributed by atoms with Crippen molar-refractivity contribution in [3.05, 3.63) is 0 Å². The monoisotopic (exact) mass is 315 g/mol. The molecule has 0 radical (unpaired) electrons. The maximum atomic E-state index is 12.2. The van der Waals surface area contributed by atoms with Crippen molar-refractivity contribution < 1.29 is 24.3 Å². The molecule has 0 aliphatic carbocycles. The highest BCUT2D eigenvalue weighted by molar-refractivity contribution is 5.91. The van der Waals surface area contributed by atoms with E-state index in [2.05, 4.69) is 10.6 Å². The van der Waals surface area contributed by atoms with E-state index in [4.69, 9.17) is 5.73 Å². The lowest BCUT2D eigenvalue weighted by atomic mass is 9.90. The van der Waals surface area contributed by atoms with Crippen LogP contribution in [-0.4, -0.2) is 41.4 Å². The van der Waals surface area contributed by atoms with E-state index in [0.29, 0.717) is 6.42 Å². The lowest BCUT2D eigenvalue weighted by Crippen LogP contribution is -2.44. The van der Waals surface area contributed by atoms with Crippen LogP contribution in [0.4, 0.5) is 4.79 Å². The van der Waals surface area contributed by atoms with Gasteiger partial charge in [-0.1, -0.05) is 13.8 Å². The lowest BCUT2D eigenvalue weighted by molar-refractivity contribution is -0.144. The molecule has 0 aliphatic heterocycles. The van der Waals surface area contributed by atoms with Gasteiger partial charge in [0.05, 0.1) is 12.0 Å². The van der Waals surface area contributed by atoms with Gasteiger partial charge in [0.25, 0.3) is 0 Å². The van der Waals surface area contributed by atoms with Crippen molar-refractivity contribution in [2.24, 2.45) is 17.6 Å². The summed E-state index contributed by atoms with van der Waals surface area (Å²) in [4.78, 5) is 45.1. The number of hydrogen-bond acceptors (Lipinski definition) is 4. The predicted octanol–water partition coefficient (Wildman–Crippen LogP) is 0.256. The number of hydrogen-bond donors (Lipinski definition) is 4. The van der Waals surface area contributed by atoms with Crippen LogP contribution in [-0.2, 0) is 14.4 Å². The van der Waals surface area contributed by atoms with Crippen molar-refractivity contribution in [3.63, 3.8) is 0 Å². The molecule has 0 heterocycles. The number of primary amides is 1. The third-order valence-electron chi connectivity index (χ3n) is 3.20. The summed E-state index contributed by atoms with van der Waals surface area (Å²) in [5, 5.41) is 14.1. The van der Waals surface area contributed by atoms with Gasteiger partial charge in [-0.05, 0) is 18.8 Å². The van der Waals surface area contributed by atoms with Crippen LogP contribution < -0.4 is 16.4 Å². The first-order chi connectivity index (χ1) is 10.1. The molecular formula is C14H25N3O5. The van der Waals surface area contributed by atoms with Crippen molar-refractivity contribution in [2.45, 2.75) is 46.1 Å². The molecule has 0 saturated heterocycles. The minimum atomic E-state index is -1.07. The number of carboxylic acids is 1. The molecule has 0 spiro atoms. The van der Waals surface area contributed by atoms with Crippen molar-refractivity contribution in [2.75, 3.05) is 6.54 Å². The number of ketones is 1. The van der Waals surface area contributed by atoms with Gasteiger partial charge in [-0.2, -0.15) is 0 Å². The second-order valence-corrected chi connectivity index (χ2v) is 5.56. The number of carbonyl (C=O) groups excluding carboxylic acids is 3. The molecule has 0 rings (SSSR count). The Hall–Kier alpha value is -2.12. The van der Waals surface area contributed by atoms with Crippen LogP contribution in [0.25, 0.3) is 0 Å². The topological polar surface area (TPSA) is 139 Å². The van der Waals surface area contributed by atoms with Gasteiger partial charge in [-0.3, -0.25) is 14.4 Å². The quantitative estimate of drug-likeness (QED) is 0.428. The third kappa shape index (κ3) is 8.23. The van der Waals surface area contributed by atoms with Gasteiger partial charge in [0, 0.05) is 19.9 Å². The smallest absolute Gasteiger partial charge is 0.312 e. The molecular weight excluding hydrogens is 290 g/mol. The summed E-state index contributed by atoms with van der Waals surface area (Å²) in [5.74, 6) is -2.68. The Bertz CT molecular complexity index is 423. The fourth-order valence-corrected chi connectivity index (χ4v) is 2.08. The second kappa shape index (κ2) is 9.75. The highest BCUT2D eigenvalue weighted by Gasteiger charge is 2.28. The van der Waals surface area contributed by atoms with Crippen molar-refractivity contribution in [1.82, 2.24) is 10.6 Å². The Labute approximate surface area is 129 Å². The standard InChI is InChI=1S/C14H25N3O5/c1-8(2)12(17-9(3)18)11(19)7-10(13(20)21)5-4-6-16-14(15)22/h8,10,12H,4-7H2,1-3H3,(H,17,18)(H,20,21)(H3,15,16,22)/t10-,12+/m1/s1. The Balaban J connectivity index is 4.58. The van der Waals surface area contributed by atoms with Gasteiger partial charge in [0.1, 0.15) is 0 Å². The number of carbonyl (C=O) groups is 4. The van der Waals surface area contributed by atoms with Gasteiger partial charge in [-0.15, -0.1) is 0 Å². The molecule has 22 heavy (non-hydrogen) atoms. The average molecular weight is 315 g/mol. The van der Waals surface area contributed by atoms with E-state index in [0.717, 1.165) is 0 Å². The van der Waals surface area contributed by atoms with Crippen LogP contribution >= 0.6 is 0 Å². The van der Waals surface area contributed by atoms with E-state index in [1.807, 2.05) is 0 Å². The molecule has 8 nitrogen and oxygen atoms in total. The number of nitrogens with one attached hydrogen (secondary N) is 2. The van der Waals surface area contributed by atoms with Crippen LogP contribution in [0.2, 0.25) is 0 Å². The molecule has 0 saturated carbocycles. The Morgan fingerprint density at radius 1 is 1.18 bits per heavy atom. The number of carboxylic acid groups (broad SMARTS) is 1. The first-order valence-corrected chi connectivity index (χ1v) is 7.21. The predicted molar refractivity (Wildman–Crippen MR) is 80.0 cm³/mol. The fraction of sp³-hybridized carbons (Fsp3) is 0.714. The molecule has 2 atom stereocenters.